The van der Waals surface area contributed by atoms with Gasteiger partial charge in [0.05, 0.1) is 12.2 Å². The molecule has 0 aromatic carbocycles. The minimum Gasteiger partial charge on any atom is -0.481 e. The summed E-state index contributed by atoms with van der Waals surface area (Å²) < 4.78 is 5.85. The van der Waals surface area contributed by atoms with Crippen molar-refractivity contribution in [3.8, 4) is 0 Å². The number of aliphatic carboxylic acids is 2. The summed E-state index contributed by atoms with van der Waals surface area (Å²) in [7, 11) is 0. The molecule has 0 aromatic rings. The molecule has 0 aromatic heterocycles. The number of ether oxygens (including phenoxy) is 1. The molecule has 19 heavy (non-hydrogen) atoms. The SMILES string of the molecule is CC1CCC2C(C)(C)C2(OCC(C(=O)O)C(=O)O)C1. The minimum atomic E-state index is -1.47. The van der Waals surface area contributed by atoms with Crippen LogP contribution in [0, 0.1) is 23.2 Å². The molecule has 0 saturated heterocycles. The maximum Gasteiger partial charge on any atom is 0.320 e. The second-order valence-corrected chi connectivity index (χ2v) is 6.59. The predicted molar refractivity (Wildman–Crippen MR) is 67.7 cm³/mol. The molecule has 108 valence electrons. The van der Waals surface area contributed by atoms with E-state index in [1.807, 2.05) is 0 Å². The smallest absolute Gasteiger partial charge is 0.320 e. The zero-order valence-corrected chi connectivity index (χ0v) is 11.7. The standard InChI is InChI=1S/C14H22O5/c1-8-4-5-10-13(2,3)14(10,6-8)19-7-9(11(15)16)12(17)18/h8-10H,4-7H2,1-3H3,(H,15,16)(H,17,18). The Labute approximate surface area is 112 Å². The Hall–Kier alpha value is -1.10. The number of carbonyl (C=O) groups is 2. The first kappa shape index (κ1) is 14.3. The number of rotatable bonds is 5. The van der Waals surface area contributed by atoms with Crippen molar-refractivity contribution in [2.45, 2.75) is 45.6 Å². The summed E-state index contributed by atoms with van der Waals surface area (Å²) in [6, 6.07) is 0. The van der Waals surface area contributed by atoms with Crippen LogP contribution in [0.5, 0.6) is 0 Å². The minimum absolute atomic E-state index is 0.0271. The second kappa shape index (κ2) is 4.47. The lowest BCUT2D eigenvalue weighted by molar-refractivity contribution is -0.160. The summed E-state index contributed by atoms with van der Waals surface area (Å²) in [6.45, 7) is 6.19. The molecule has 3 unspecified atom stereocenters. The average molecular weight is 270 g/mol. The van der Waals surface area contributed by atoms with E-state index in [0.29, 0.717) is 11.8 Å². The van der Waals surface area contributed by atoms with Crippen molar-refractivity contribution in [1.82, 2.24) is 0 Å². The molecule has 2 fully saturated rings. The Morgan fingerprint density at radius 2 is 1.84 bits per heavy atom. The summed E-state index contributed by atoms with van der Waals surface area (Å²) in [4.78, 5) is 21.8. The van der Waals surface area contributed by atoms with Crippen LogP contribution in [0.4, 0.5) is 0 Å². The summed E-state index contributed by atoms with van der Waals surface area (Å²) in [5, 5.41) is 17.8. The Kier molecular flexibility index (Phi) is 3.37. The highest BCUT2D eigenvalue weighted by atomic mass is 16.5. The van der Waals surface area contributed by atoms with E-state index in [9.17, 15) is 9.59 Å². The van der Waals surface area contributed by atoms with Gasteiger partial charge in [0, 0.05) is 0 Å². The molecule has 2 saturated carbocycles. The van der Waals surface area contributed by atoms with E-state index in [0.717, 1.165) is 12.8 Å². The van der Waals surface area contributed by atoms with E-state index in [-0.39, 0.29) is 17.6 Å². The van der Waals surface area contributed by atoms with Gasteiger partial charge in [0.2, 0.25) is 0 Å². The van der Waals surface area contributed by atoms with Gasteiger partial charge in [0.1, 0.15) is 0 Å². The molecule has 0 aliphatic heterocycles. The van der Waals surface area contributed by atoms with Gasteiger partial charge in [-0.3, -0.25) is 9.59 Å². The highest BCUT2D eigenvalue weighted by molar-refractivity contribution is 5.93. The number of hydrogen-bond acceptors (Lipinski definition) is 3. The molecule has 2 aliphatic carbocycles. The third-order valence-electron chi connectivity index (χ3n) is 5.14. The van der Waals surface area contributed by atoms with Crippen molar-refractivity contribution in [3.63, 3.8) is 0 Å². The van der Waals surface area contributed by atoms with Crippen LogP contribution >= 0.6 is 0 Å². The maximum atomic E-state index is 10.9. The van der Waals surface area contributed by atoms with E-state index in [2.05, 4.69) is 20.8 Å². The Morgan fingerprint density at radius 1 is 1.26 bits per heavy atom. The molecule has 0 amide bonds. The normalized spacial score (nSPS) is 35.8. The van der Waals surface area contributed by atoms with Gasteiger partial charge in [-0.05, 0) is 30.1 Å². The van der Waals surface area contributed by atoms with E-state index in [4.69, 9.17) is 14.9 Å². The van der Waals surface area contributed by atoms with Gasteiger partial charge in [0.25, 0.3) is 0 Å². The molecule has 3 atom stereocenters. The molecule has 0 bridgehead atoms. The predicted octanol–water partition coefficient (Wildman–Crippen LogP) is 2.00. The lowest BCUT2D eigenvalue weighted by Crippen LogP contribution is -2.34. The van der Waals surface area contributed by atoms with E-state index < -0.39 is 17.9 Å². The van der Waals surface area contributed by atoms with Gasteiger partial charge >= 0.3 is 11.9 Å². The Bertz CT molecular complexity index is 389. The summed E-state index contributed by atoms with van der Waals surface area (Å²) in [6.07, 6.45) is 3.15. The topological polar surface area (TPSA) is 83.8 Å². The van der Waals surface area contributed by atoms with E-state index in [1.165, 1.54) is 6.42 Å². The quantitative estimate of drug-likeness (QED) is 0.746. The average Bonchev–Trinajstić information content (AvgIpc) is 2.73. The van der Waals surface area contributed by atoms with Crippen molar-refractivity contribution < 1.29 is 24.5 Å². The van der Waals surface area contributed by atoms with Crippen molar-refractivity contribution in [1.29, 1.82) is 0 Å². The lowest BCUT2D eigenvalue weighted by atomic mass is 9.88. The van der Waals surface area contributed by atoms with Crippen molar-refractivity contribution in [2.75, 3.05) is 6.61 Å². The number of carboxylic acid groups (broad SMARTS) is 2. The monoisotopic (exact) mass is 270 g/mol. The van der Waals surface area contributed by atoms with Gasteiger partial charge in [-0.2, -0.15) is 0 Å². The van der Waals surface area contributed by atoms with Gasteiger partial charge < -0.3 is 14.9 Å². The fraction of sp³-hybridized carbons (Fsp3) is 0.857. The van der Waals surface area contributed by atoms with Gasteiger partial charge in [-0.15, -0.1) is 0 Å². The van der Waals surface area contributed by atoms with Gasteiger partial charge in [0.15, 0.2) is 5.92 Å². The van der Waals surface area contributed by atoms with Crippen LogP contribution < -0.4 is 0 Å². The molecular weight excluding hydrogens is 248 g/mol. The lowest BCUT2D eigenvalue weighted by Gasteiger charge is -2.29. The number of hydrogen-bond donors (Lipinski definition) is 2. The zero-order valence-electron chi connectivity index (χ0n) is 11.7. The number of carboxylic acids is 2. The molecule has 0 spiro atoms. The van der Waals surface area contributed by atoms with Crippen LogP contribution in [0.3, 0.4) is 0 Å². The molecular formula is C14H22O5. The van der Waals surface area contributed by atoms with Crippen molar-refractivity contribution in [3.05, 3.63) is 0 Å². The molecule has 0 radical (unpaired) electrons. The third-order valence-corrected chi connectivity index (χ3v) is 5.14. The second-order valence-electron chi connectivity index (χ2n) is 6.59. The third kappa shape index (κ3) is 2.14. The Balaban J connectivity index is 2.06. The molecule has 2 rings (SSSR count). The van der Waals surface area contributed by atoms with Crippen LogP contribution in [-0.2, 0) is 14.3 Å². The van der Waals surface area contributed by atoms with Crippen LogP contribution in [0.2, 0.25) is 0 Å². The molecule has 2 N–H and O–H groups in total. The maximum absolute atomic E-state index is 10.9. The number of fused-ring (bicyclic) bond motifs is 1. The van der Waals surface area contributed by atoms with Crippen molar-refractivity contribution in [2.24, 2.45) is 23.2 Å². The first-order valence-corrected chi connectivity index (χ1v) is 6.82. The highest BCUT2D eigenvalue weighted by Gasteiger charge is 2.73. The van der Waals surface area contributed by atoms with Crippen molar-refractivity contribution >= 4 is 11.9 Å². The van der Waals surface area contributed by atoms with E-state index >= 15 is 0 Å². The fourth-order valence-corrected chi connectivity index (χ4v) is 3.82. The first-order chi connectivity index (χ1) is 8.72. The summed E-state index contributed by atoms with van der Waals surface area (Å²) in [5.74, 6) is -3.15. The fourth-order valence-electron chi connectivity index (χ4n) is 3.82. The molecule has 5 nitrogen and oxygen atoms in total. The van der Waals surface area contributed by atoms with Crippen LogP contribution in [0.25, 0.3) is 0 Å². The zero-order chi connectivity index (χ0) is 14.4. The first-order valence-electron chi connectivity index (χ1n) is 6.82. The van der Waals surface area contributed by atoms with Gasteiger partial charge in [-0.1, -0.05) is 27.2 Å². The largest absolute Gasteiger partial charge is 0.481 e. The summed E-state index contributed by atoms with van der Waals surface area (Å²) in [5.41, 5.74) is -0.285. The van der Waals surface area contributed by atoms with E-state index in [1.54, 1.807) is 0 Å². The van der Waals surface area contributed by atoms with Gasteiger partial charge in [-0.25, -0.2) is 0 Å². The molecule has 2 aliphatic rings. The highest BCUT2D eigenvalue weighted by Crippen LogP contribution is 2.70. The van der Waals surface area contributed by atoms with Crippen LogP contribution in [0.15, 0.2) is 0 Å². The van der Waals surface area contributed by atoms with Crippen LogP contribution in [-0.4, -0.2) is 34.4 Å². The van der Waals surface area contributed by atoms with Crippen LogP contribution in [0.1, 0.15) is 40.0 Å². The Morgan fingerprint density at radius 3 is 2.37 bits per heavy atom. The molecule has 5 heteroatoms. The molecule has 0 heterocycles. The summed E-state index contributed by atoms with van der Waals surface area (Å²) >= 11 is 0.